The minimum Gasteiger partial charge on any atom is -0.550 e. The minimum absolute atomic E-state index is 0. The van der Waals surface area contributed by atoms with Crippen molar-refractivity contribution in [3.05, 3.63) is 23.8 Å². The number of aliphatic hydroxyl groups excluding tert-OH is 3. The van der Waals surface area contributed by atoms with E-state index in [9.17, 15) is 30.0 Å². The van der Waals surface area contributed by atoms with Gasteiger partial charge in [0.25, 0.3) is 0 Å². The summed E-state index contributed by atoms with van der Waals surface area (Å²) in [6, 6.07) is 0. The van der Waals surface area contributed by atoms with Crippen LogP contribution >= 0.6 is 0 Å². The van der Waals surface area contributed by atoms with Gasteiger partial charge in [-0.3, -0.25) is 4.79 Å². The number of hydrogen-bond donors (Lipinski definition) is 3. The van der Waals surface area contributed by atoms with Gasteiger partial charge in [0, 0.05) is 31.6 Å². The van der Waals surface area contributed by atoms with Crippen molar-refractivity contribution in [2.24, 2.45) is 23.7 Å². The summed E-state index contributed by atoms with van der Waals surface area (Å²) >= 11 is 0. The van der Waals surface area contributed by atoms with Gasteiger partial charge in [-0.1, -0.05) is 38.9 Å². The van der Waals surface area contributed by atoms with Crippen LogP contribution < -0.4 is 34.7 Å². The molecule has 2 aliphatic carbocycles. The first kappa shape index (κ1) is 20.9. The number of rotatable bonds is 10. The number of aliphatic hydroxyl groups is 3. The SMILES string of the molecule is [2H]C([2H])([2H])C([2H])([2H])[C@H](C)C(=O)O[C@H]1C[C@H](O)C=C2C=C[C@H](C)[C@H](CC[C@@H](O)C[C@@H](O)CC(=O)[O-])[C@H]21.[Na+]. The number of carbonyl (C=O) groups excluding carboxylic acids is 2. The number of allylic oxidation sites excluding steroid dienone is 2. The molecule has 0 aromatic carbocycles. The molecule has 0 unspecified atom stereocenters. The Hall–Kier alpha value is -0.700. The average Bonchev–Trinajstić information content (AvgIpc) is 2.70. The molecule has 0 aromatic heterocycles. The summed E-state index contributed by atoms with van der Waals surface area (Å²) in [4.78, 5) is 23.4. The van der Waals surface area contributed by atoms with Gasteiger partial charge in [-0.25, -0.2) is 0 Å². The Kier molecular flexibility index (Phi) is 8.83. The molecule has 0 amide bonds. The molecule has 0 heterocycles. The Bertz CT molecular complexity index is 832. The molecule has 0 radical (unpaired) electrons. The van der Waals surface area contributed by atoms with Gasteiger partial charge in [0.1, 0.15) is 6.10 Å². The number of carboxylic acid groups (broad SMARTS) is 1. The first-order valence-corrected chi connectivity index (χ1v) is 10.4. The molecule has 170 valence electrons. The van der Waals surface area contributed by atoms with Crippen LogP contribution in [0.2, 0.25) is 0 Å². The molecule has 0 aliphatic heterocycles. The maximum Gasteiger partial charge on any atom is 1.00 e. The Labute approximate surface area is 213 Å². The number of fused-ring (bicyclic) bond motifs is 1. The number of hydrogen-bond acceptors (Lipinski definition) is 7. The Morgan fingerprint density at radius 1 is 1.39 bits per heavy atom. The number of esters is 1. The number of aliphatic carboxylic acids is 1. The van der Waals surface area contributed by atoms with Crippen molar-refractivity contribution in [2.45, 2.75) is 83.6 Å². The van der Waals surface area contributed by atoms with Gasteiger partial charge >= 0.3 is 35.5 Å². The van der Waals surface area contributed by atoms with Crippen molar-refractivity contribution in [3.63, 3.8) is 0 Å². The second-order valence-corrected chi connectivity index (χ2v) is 8.42. The van der Waals surface area contributed by atoms with E-state index < -0.39 is 61.9 Å². The third kappa shape index (κ3) is 8.30. The molecule has 8 atom stereocenters. The van der Waals surface area contributed by atoms with Crippen LogP contribution in [0.15, 0.2) is 23.8 Å². The largest absolute Gasteiger partial charge is 1.00 e. The zero-order valence-electron chi connectivity index (χ0n) is 23.4. The third-order valence-electron chi connectivity index (χ3n) is 5.99. The zero-order chi connectivity index (χ0) is 26.7. The first-order chi connectivity index (χ1) is 16.0. The normalized spacial score (nSPS) is 33.5. The van der Waals surface area contributed by atoms with Crippen LogP contribution in [-0.4, -0.2) is 51.7 Å². The van der Waals surface area contributed by atoms with Gasteiger partial charge in [0.15, 0.2) is 0 Å². The molecule has 0 aromatic rings. The van der Waals surface area contributed by atoms with Crippen molar-refractivity contribution < 1.29 is 71.2 Å². The van der Waals surface area contributed by atoms with Crippen LogP contribution in [0.4, 0.5) is 0 Å². The summed E-state index contributed by atoms with van der Waals surface area (Å²) in [5.74, 6) is -4.49. The van der Waals surface area contributed by atoms with Gasteiger partial charge in [0.05, 0.1) is 24.2 Å². The summed E-state index contributed by atoms with van der Waals surface area (Å²) < 4.78 is 43.6. The van der Waals surface area contributed by atoms with Crippen LogP contribution in [-0.2, 0) is 14.3 Å². The molecule has 0 spiro atoms. The fourth-order valence-corrected chi connectivity index (χ4v) is 4.39. The first-order valence-electron chi connectivity index (χ1n) is 12.9. The van der Waals surface area contributed by atoms with Gasteiger partial charge in [-0.15, -0.1) is 0 Å². The van der Waals surface area contributed by atoms with E-state index in [0.717, 1.165) is 5.57 Å². The van der Waals surface area contributed by atoms with Crippen LogP contribution in [0.5, 0.6) is 0 Å². The number of carbonyl (C=O) groups is 2. The van der Waals surface area contributed by atoms with Crippen LogP contribution in [0.25, 0.3) is 0 Å². The molecule has 0 bridgehead atoms. The Morgan fingerprint density at radius 3 is 2.74 bits per heavy atom. The van der Waals surface area contributed by atoms with Crippen molar-refractivity contribution in [1.29, 1.82) is 0 Å². The number of carboxylic acids is 1. The summed E-state index contributed by atoms with van der Waals surface area (Å²) in [6.07, 6.45) is -1.24. The van der Waals surface area contributed by atoms with E-state index in [1.807, 2.05) is 19.1 Å². The topological polar surface area (TPSA) is 127 Å². The molecule has 0 saturated heterocycles. The summed E-state index contributed by atoms with van der Waals surface area (Å²) in [5, 5.41) is 41.0. The van der Waals surface area contributed by atoms with Crippen LogP contribution in [0, 0.1) is 23.7 Å². The molecule has 8 heteroatoms. The molecule has 2 rings (SSSR count). The molecule has 3 N–H and O–H groups in total. The van der Waals surface area contributed by atoms with Gasteiger partial charge in [-0.05, 0) is 43.0 Å². The van der Waals surface area contributed by atoms with Crippen molar-refractivity contribution in [3.8, 4) is 0 Å². The molecular weight excluding hydrogens is 411 g/mol. The second kappa shape index (κ2) is 13.1. The van der Waals surface area contributed by atoms with E-state index in [1.165, 1.54) is 6.92 Å². The van der Waals surface area contributed by atoms with Crippen molar-refractivity contribution >= 4 is 11.9 Å². The Balaban J connectivity index is 0.00000648. The van der Waals surface area contributed by atoms with E-state index in [2.05, 4.69) is 0 Å². The maximum atomic E-state index is 12.8. The second-order valence-electron chi connectivity index (χ2n) is 8.42. The molecule has 2 aliphatic rings. The summed E-state index contributed by atoms with van der Waals surface area (Å²) in [6.45, 7) is 0.0968. The molecular formula is C23H35NaO7. The third-order valence-corrected chi connectivity index (χ3v) is 5.99. The predicted molar refractivity (Wildman–Crippen MR) is 109 cm³/mol. The maximum absolute atomic E-state index is 12.8. The zero-order valence-corrected chi connectivity index (χ0v) is 20.4. The van der Waals surface area contributed by atoms with Crippen LogP contribution in [0.1, 0.15) is 66.0 Å². The van der Waals surface area contributed by atoms with Crippen molar-refractivity contribution in [1.82, 2.24) is 0 Å². The number of ether oxygens (including phenoxy) is 1. The van der Waals surface area contributed by atoms with E-state index in [1.54, 1.807) is 6.08 Å². The van der Waals surface area contributed by atoms with E-state index in [-0.39, 0.29) is 66.6 Å². The molecule has 7 nitrogen and oxygen atoms in total. The standard InChI is InChI=1S/C23H36O7.Na/c1-4-13(2)23(29)30-20-11-17(25)9-15-6-5-14(3)19(22(15)20)8-7-16(24)10-18(26)12-21(27)28;/h5-6,9,13-14,16-20,22,24-26H,4,7-8,10-12H2,1-3H3,(H,27,28);/q;+1/p-1/t13-,14-,16+,17+,18+,19-,20-,22-;/m0./s1/i1D3,4D2;. The smallest absolute Gasteiger partial charge is 0.550 e. The Morgan fingerprint density at radius 2 is 2.10 bits per heavy atom. The van der Waals surface area contributed by atoms with E-state index in [0.29, 0.717) is 6.42 Å². The summed E-state index contributed by atoms with van der Waals surface area (Å²) in [7, 11) is 0. The van der Waals surface area contributed by atoms with Gasteiger partial charge in [-0.2, -0.15) is 0 Å². The molecule has 0 saturated carbocycles. The predicted octanol–water partition coefficient (Wildman–Crippen LogP) is -1.89. The summed E-state index contributed by atoms with van der Waals surface area (Å²) in [5.41, 5.74) is 0.739. The fraction of sp³-hybridized carbons (Fsp3) is 0.739. The fourth-order valence-electron chi connectivity index (χ4n) is 4.39. The van der Waals surface area contributed by atoms with Gasteiger partial charge < -0.3 is 30.0 Å². The minimum atomic E-state index is -3.02. The molecule has 31 heavy (non-hydrogen) atoms. The monoisotopic (exact) mass is 451 g/mol. The quantitative estimate of drug-likeness (QED) is 0.262. The van der Waals surface area contributed by atoms with Crippen LogP contribution in [0.3, 0.4) is 0 Å². The van der Waals surface area contributed by atoms with Crippen molar-refractivity contribution in [2.75, 3.05) is 0 Å². The average molecular weight is 452 g/mol. The van der Waals surface area contributed by atoms with E-state index >= 15 is 0 Å². The van der Waals surface area contributed by atoms with Gasteiger partial charge in [0.2, 0.25) is 0 Å². The molecule has 0 fully saturated rings. The van der Waals surface area contributed by atoms with E-state index in [4.69, 9.17) is 11.6 Å².